The normalized spacial score (nSPS) is 24.6. The zero-order chi connectivity index (χ0) is 14.8. The fraction of sp³-hybridized carbons (Fsp3) is 0.714. The van der Waals surface area contributed by atoms with E-state index in [1.165, 1.54) is 17.8 Å². The fourth-order valence-electron chi connectivity index (χ4n) is 2.84. The molecule has 1 aromatic heterocycles. The Balaban J connectivity index is 2.16. The van der Waals surface area contributed by atoms with E-state index >= 15 is 0 Å². The van der Waals surface area contributed by atoms with Gasteiger partial charge in [0, 0.05) is 6.04 Å². The number of thiophene rings is 1. The van der Waals surface area contributed by atoms with Gasteiger partial charge in [-0.1, -0.05) is 19.8 Å². The van der Waals surface area contributed by atoms with Crippen molar-refractivity contribution >= 4 is 21.4 Å². The minimum absolute atomic E-state index is 0.0239. The topological polar surface area (TPSA) is 66.4 Å². The number of aliphatic hydroxyl groups is 1. The molecule has 4 nitrogen and oxygen atoms in total. The minimum Gasteiger partial charge on any atom is -0.391 e. The highest BCUT2D eigenvalue weighted by atomic mass is 32.2. The molecule has 0 saturated heterocycles. The lowest BCUT2D eigenvalue weighted by molar-refractivity contribution is 0.282. The summed E-state index contributed by atoms with van der Waals surface area (Å²) in [6.07, 6.45) is 5.13. The second-order valence-electron chi connectivity index (χ2n) is 5.76. The molecule has 2 unspecified atom stereocenters. The van der Waals surface area contributed by atoms with Gasteiger partial charge in [0.15, 0.2) is 0 Å². The van der Waals surface area contributed by atoms with Crippen LogP contribution in [0.1, 0.15) is 49.5 Å². The second kappa shape index (κ2) is 6.56. The van der Waals surface area contributed by atoms with Crippen molar-refractivity contribution in [1.82, 2.24) is 4.72 Å². The zero-order valence-electron chi connectivity index (χ0n) is 12.1. The lowest BCUT2D eigenvalue weighted by Gasteiger charge is -2.17. The predicted molar refractivity (Wildman–Crippen MR) is 81.3 cm³/mol. The monoisotopic (exact) mass is 317 g/mol. The zero-order valence-corrected chi connectivity index (χ0v) is 13.7. The van der Waals surface area contributed by atoms with Gasteiger partial charge in [-0.3, -0.25) is 0 Å². The van der Waals surface area contributed by atoms with Crippen LogP contribution in [-0.4, -0.2) is 19.6 Å². The van der Waals surface area contributed by atoms with Crippen molar-refractivity contribution in [1.29, 1.82) is 0 Å². The van der Waals surface area contributed by atoms with Gasteiger partial charge in [-0.25, -0.2) is 13.1 Å². The van der Waals surface area contributed by atoms with E-state index in [1.807, 2.05) is 0 Å². The van der Waals surface area contributed by atoms with E-state index < -0.39 is 10.0 Å². The third kappa shape index (κ3) is 3.61. The van der Waals surface area contributed by atoms with Crippen LogP contribution >= 0.6 is 11.3 Å². The summed E-state index contributed by atoms with van der Waals surface area (Å²) in [5.74, 6) is 0.681. The Bertz CT molecular complexity index is 551. The maximum absolute atomic E-state index is 12.5. The first kappa shape index (κ1) is 15.9. The molecular weight excluding hydrogens is 294 g/mol. The number of aryl methyl sites for hydroxylation is 1. The minimum atomic E-state index is -3.52. The first-order valence-corrected chi connectivity index (χ1v) is 9.50. The molecule has 2 N–H and O–H groups in total. The van der Waals surface area contributed by atoms with Crippen molar-refractivity contribution in [2.24, 2.45) is 5.92 Å². The van der Waals surface area contributed by atoms with Crippen LogP contribution in [0, 0.1) is 12.8 Å². The van der Waals surface area contributed by atoms with Gasteiger partial charge in [-0.15, -0.1) is 11.3 Å². The van der Waals surface area contributed by atoms with Crippen LogP contribution in [0.5, 0.6) is 0 Å². The fourth-order valence-corrected chi connectivity index (χ4v) is 5.81. The summed E-state index contributed by atoms with van der Waals surface area (Å²) < 4.78 is 27.9. The molecule has 2 rings (SSSR count). The van der Waals surface area contributed by atoms with Crippen LogP contribution in [0.4, 0.5) is 0 Å². The van der Waals surface area contributed by atoms with Crippen LogP contribution in [-0.2, 0) is 16.6 Å². The molecule has 0 aromatic carbocycles. The van der Waals surface area contributed by atoms with Crippen LogP contribution in [0.3, 0.4) is 0 Å². The molecule has 1 fully saturated rings. The molecule has 6 heteroatoms. The molecule has 1 saturated carbocycles. The molecule has 2 atom stereocenters. The summed E-state index contributed by atoms with van der Waals surface area (Å²) >= 11 is 1.30. The van der Waals surface area contributed by atoms with Gasteiger partial charge in [0.05, 0.1) is 11.5 Å². The summed E-state index contributed by atoms with van der Waals surface area (Å²) in [5.41, 5.74) is 0.716. The maximum Gasteiger partial charge on any atom is 0.242 e. The van der Waals surface area contributed by atoms with Crippen molar-refractivity contribution in [3.05, 3.63) is 15.8 Å². The Labute approximate surface area is 125 Å². The number of hydrogen-bond donors (Lipinski definition) is 2. The van der Waals surface area contributed by atoms with Gasteiger partial charge in [-0.2, -0.15) is 0 Å². The Kier molecular flexibility index (Phi) is 5.23. The summed E-state index contributed by atoms with van der Waals surface area (Å²) in [7, 11) is -3.52. The standard InChI is InChI=1S/C14H23NO3S2/c1-10-4-3-5-12(7-6-10)15-20(17,18)14-11(2)9-19-13(14)8-16/h9-10,12,15-16H,3-8H2,1-2H3. The van der Waals surface area contributed by atoms with Crippen LogP contribution in [0.15, 0.2) is 10.3 Å². The average molecular weight is 317 g/mol. The highest BCUT2D eigenvalue weighted by molar-refractivity contribution is 7.89. The molecule has 0 amide bonds. The summed E-state index contributed by atoms with van der Waals surface area (Å²) in [6.45, 7) is 3.78. The van der Waals surface area contributed by atoms with Crippen molar-refractivity contribution in [3.8, 4) is 0 Å². The number of nitrogens with one attached hydrogen (secondary N) is 1. The van der Waals surface area contributed by atoms with Gasteiger partial charge < -0.3 is 5.11 Å². The number of rotatable bonds is 4. The van der Waals surface area contributed by atoms with Crippen molar-refractivity contribution in [3.63, 3.8) is 0 Å². The van der Waals surface area contributed by atoms with Gasteiger partial charge in [0.1, 0.15) is 4.90 Å². The third-order valence-electron chi connectivity index (χ3n) is 3.98. The van der Waals surface area contributed by atoms with Crippen molar-refractivity contribution in [2.75, 3.05) is 0 Å². The molecule has 0 radical (unpaired) electrons. The summed E-state index contributed by atoms with van der Waals surface area (Å²) in [4.78, 5) is 0.805. The third-order valence-corrected chi connectivity index (χ3v) is 6.95. The number of sulfonamides is 1. The lowest BCUT2D eigenvalue weighted by atomic mass is 10.0. The molecule has 1 aromatic rings. The SMILES string of the molecule is Cc1csc(CO)c1S(=O)(=O)NC1CCCC(C)CC1. The second-order valence-corrected chi connectivity index (χ2v) is 8.38. The van der Waals surface area contributed by atoms with E-state index in [9.17, 15) is 13.5 Å². The number of hydrogen-bond acceptors (Lipinski definition) is 4. The molecule has 114 valence electrons. The van der Waals surface area contributed by atoms with E-state index in [-0.39, 0.29) is 17.5 Å². The Hall–Kier alpha value is -0.430. The van der Waals surface area contributed by atoms with Crippen molar-refractivity contribution < 1.29 is 13.5 Å². The van der Waals surface area contributed by atoms with E-state index in [0.717, 1.165) is 25.7 Å². The predicted octanol–water partition coefficient (Wildman–Crippen LogP) is 2.80. The summed E-state index contributed by atoms with van der Waals surface area (Å²) in [6, 6.07) is 0.0239. The van der Waals surface area contributed by atoms with Gasteiger partial charge >= 0.3 is 0 Å². The van der Waals surface area contributed by atoms with Gasteiger partial charge in [-0.05, 0) is 43.0 Å². The van der Waals surface area contributed by atoms with Crippen molar-refractivity contribution in [2.45, 2.75) is 63.5 Å². The molecule has 1 aliphatic carbocycles. The molecule has 0 bridgehead atoms. The quantitative estimate of drug-likeness (QED) is 0.839. The molecule has 0 aliphatic heterocycles. The summed E-state index contributed by atoms with van der Waals surface area (Å²) in [5, 5.41) is 11.1. The maximum atomic E-state index is 12.5. The van der Waals surface area contributed by atoms with Crippen LogP contribution < -0.4 is 4.72 Å². The number of aliphatic hydroxyl groups excluding tert-OH is 1. The molecular formula is C14H23NO3S2. The van der Waals surface area contributed by atoms with Gasteiger partial charge in [0.2, 0.25) is 10.0 Å². The Morgan fingerprint density at radius 2 is 2.10 bits per heavy atom. The molecule has 20 heavy (non-hydrogen) atoms. The van der Waals surface area contributed by atoms with Crippen LogP contribution in [0.25, 0.3) is 0 Å². The largest absolute Gasteiger partial charge is 0.391 e. The molecule has 1 aliphatic rings. The van der Waals surface area contributed by atoms with E-state index in [0.29, 0.717) is 16.4 Å². The van der Waals surface area contributed by atoms with E-state index in [1.54, 1.807) is 12.3 Å². The van der Waals surface area contributed by atoms with E-state index in [4.69, 9.17) is 0 Å². The van der Waals surface area contributed by atoms with Crippen LogP contribution in [0.2, 0.25) is 0 Å². The first-order chi connectivity index (χ1) is 9.44. The molecule has 0 spiro atoms. The van der Waals surface area contributed by atoms with E-state index in [2.05, 4.69) is 11.6 Å². The Morgan fingerprint density at radius 3 is 2.80 bits per heavy atom. The lowest BCUT2D eigenvalue weighted by Crippen LogP contribution is -2.35. The average Bonchev–Trinajstić information content (AvgIpc) is 2.66. The first-order valence-electron chi connectivity index (χ1n) is 7.14. The highest BCUT2D eigenvalue weighted by Gasteiger charge is 2.27. The van der Waals surface area contributed by atoms with Gasteiger partial charge in [0.25, 0.3) is 0 Å². The highest BCUT2D eigenvalue weighted by Crippen LogP contribution is 2.29. The smallest absolute Gasteiger partial charge is 0.242 e. The molecule has 1 heterocycles. The Morgan fingerprint density at radius 1 is 1.35 bits per heavy atom.